The third-order valence-electron chi connectivity index (χ3n) is 3.40. The highest BCUT2D eigenvalue weighted by molar-refractivity contribution is 6.33. The van der Waals surface area contributed by atoms with Crippen LogP contribution in [0.25, 0.3) is 0 Å². The van der Waals surface area contributed by atoms with Crippen molar-refractivity contribution in [2.75, 3.05) is 12.4 Å². The Bertz CT molecular complexity index is 781. The molecule has 0 aromatic heterocycles. The average Bonchev–Trinajstić information content (AvgIpc) is 2.61. The van der Waals surface area contributed by atoms with E-state index in [-0.39, 0.29) is 16.4 Å². The van der Waals surface area contributed by atoms with Crippen molar-refractivity contribution in [3.8, 4) is 11.5 Å². The Morgan fingerprint density at radius 2 is 2.00 bits per heavy atom. The first-order valence-electron chi connectivity index (χ1n) is 7.50. The number of nitro groups is 1. The topological polar surface area (TPSA) is 90.7 Å². The first-order chi connectivity index (χ1) is 11.9. The lowest BCUT2D eigenvalue weighted by Crippen LogP contribution is -2.32. The van der Waals surface area contributed by atoms with Gasteiger partial charge in [0, 0.05) is 18.2 Å². The van der Waals surface area contributed by atoms with Crippen LogP contribution in [-0.2, 0) is 4.79 Å². The zero-order chi connectivity index (χ0) is 18.4. The highest BCUT2D eigenvalue weighted by Gasteiger charge is 2.21. The summed E-state index contributed by atoms with van der Waals surface area (Å²) in [4.78, 5) is 22.7. The first-order valence-corrected chi connectivity index (χ1v) is 7.88. The van der Waals surface area contributed by atoms with Gasteiger partial charge in [-0.15, -0.1) is 0 Å². The van der Waals surface area contributed by atoms with Crippen molar-refractivity contribution in [1.29, 1.82) is 0 Å². The molecule has 0 aliphatic rings. The molecule has 0 radical (unpaired) electrons. The Labute approximate surface area is 149 Å². The van der Waals surface area contributed by atoms with Crippen molar-refractivity contribution in [2.45, 2.75) is 19.4 Å². The van der Waals surface area contributed by atoms with Gasteiger partial charge < -0.3 is 14.8 Å². The van der Waals surface area contributed by atoms with Crippen LogP contribution in [0.1, 0.15) is 13.3 Å². The Balaban J connectivity index is 2.14. The van der Waals surface area contributed by atoms with Crippen LogP contribution in [0.15, 0.2) is 42.5 Å². The third-order valence-corrected chi connectivity index (χ3v) is 3.73. The molecule has 1 N–H and O–H groups in total. The summed E-state index contributed by atoms with van der Waals surface area (Å²) in [6.07, 6.45) is -0.391. The van der Waals surface area contributed by atoms with Gasteiger partial charge in [-0.1, -0.05) is 24.6 Å². The number of methoxy groups -OCH3 is 1. The zero-order valence-corrected chi connectivity index (χ0v) is 14.4. The number of amides is 1. The maximum absolute atomic E-state index is 12.4. The Morgan fingerprint density at radius 1 is 1.28 bits per heavy atom. The fourth-order valence-electron chi connectivity index (χ4n) is 2.10. The summed E-state index contributed by atoms with van der Waals surface area (Å²) >= 11 is 6.00. The van der Waals surface area contributed by atoms with Gasteiger partial charge in [0.15, 0.2) is 6.10 Å². The Kier molecular flexibility index (Phi) is 6.19. The predicted octanol–water partition coefficient (Wildman–Crippen LogP) is 4.05. The molecule has 7 nitrogen and oxygen atoms in total. The number of nitro benzene ring substituents is 1. The molecule has 8 heteroatoms. The maximum atomic E-state index is 12.4. The summed E-state index contributed by atoms with van der Waals surface area (Å²) in [5, 5.41) is 13.6. The van der Waals surface area contributed by atoms with Gasteiger partial charge in [0.25, 0.3) is 11.6 Å². The summed E-state index contributed by atoms with van der Waals surface area (Å²) in [6.45, 7) is 1.79. The van der Waals surface area contributed by atoms with E-state index in [1.54, 1.807) is 31.2 Å². The number of carbonyl (C=O) groups excluding carboxylic acids is 1. The second-order valence-corrected chi connectivity index (χ2v) is 5.51. The van der Waals surface area contributed by atoms with Gasteiger partial charge in [-0.25, -0.2) is 0 Å². The fraction of sp³-hybridized carbons (Fsp3) is 0.235. The second kappa shape index (κ2) is 8.34. The van der Waals surface area contributed by atoms with Gasteiger partial charge >= 0.3 is 0 Å². The quantitative estimate of drug-likeness (QED) is 0.591. The second-order valence-electron chi connectivity index (χ2n) is 5.10. The lowest BCUT2D eigenvalue weighted by molar-refractivity contribution is -0.384. The molecular formula is C17H17ClN2O5. The van der Waals surface area contributed by atoms with Gasteiger partial charge in [0.2, 0.25) is 0 Å². The van der Waals surface area contributed by atoms with E-state index in [0.29, 0.717) is 17.9 Å². The standard InChI is InChI=1S/C17H17ClN2O5/c1-3-16(25-13-6-4-5-12(10-13)24-2)17(21)19-15-9-11(20(22)23)7-8-14(15)18/h4-10,16H,3H2,1-2H3,(H,19,21)/t16-/m1/s1. The van der Waals surface area contributed by atoms with Gasteiger partial charge in [0.1, 0.15) is 11.5 Å². The van der Waals surface area contributed by atoms with E-state index in [2.05, 4.69) is 5.32 Å². The van der Waals surface area contributed by atoms with Crippen LogP contribution >= 0.6 is 11.6 Å². The molecule has 2 rings (SSSR count). The monoisotopic (exact) mass is 364 g/mol. The Morgan fingerprint density at radius 3 is 2.64 bits per heavy atom. The number of non-ortho nitro benzene ring substituents is 1. The van der Waals surface area contributed by atoms with Crippen molar-refractivity contribution >= 4 is 28.9 Å². The number of halogens is 1. The van der Waals surface area contributed by atoms with E-state index in [0.717, 1.165) is 0 Å². The minimum Gasteiger partial charge on any atom is -0.497 e. The van der Waals surface area contributed by atoms with Crippen LogP contribution in [0.4, 0.5) is 11.4 Å². The number of rotatable bonds is 7. The van der Waals surface area contributed by atoms with E-state index in [1.165, 1.54) is 25.3 Å². The largest absolute Gasteiger partial charge is 0.497 e. The average molecular weight is 365 g/mol. The van der Waals surface area contributed by atoms with Gasteiger partial charge in [0.05, 0.1) is 22.7 Å². The van der Waals surface area contributed by atoms with Crippen LogP contribution < -0.4 is 14.8 Å². The lowest BCUT2D eigenvalue weighted by atomic mass is 10.2. The van der Waals surface area contributed by atoms with Gasteiger partial charge in [-0.3, -0.25) is 14.9 Å². The molecule has 1 atom stereocenters. The minimum absolute atomic E-state index is 0.161. The molecule has 1 amide bonds. The van der Waals surface area contributed by atoms with Crippen LogP contribution in [0, 0.1) is 10.1 Å². The predicted molar refractivity (Wildman–Crippen MR) is 94.4 cm³/mol. The zero-order valence-electron chi connectivity index (χ0n) is 13.7. The smallest absolute Gasteiger partial charge is 0.271 e. The number of carbonyl (C=O) groups is 1. The van der Waals surface area contributed by atoms with Crippen LogP contribution in [-0.4, -0.2) is 24.0 Å². The summed E-state index contributed by atoms with van der Waals surface area (Å²) in [5.74, 6) is 0.633. The van der Waals surface area contributed by atoms with E-state index < -0.39 is 16.9 Å². The fourth-order valence-corrected chi connectivity index (χ4v) is 2.26. The SMILES string of the molecule is CC[C@@H](Oc1cccc(OC)c1)C(=O)Nc1cc([N+](=O)[O-])ccc1Cl. The van der Waals surface area contributed by atoms with Gasteiger partial charge in [-0.05, 0) is 24.6 Å². The van der Waals surface area contributed by atoms with Crippen molar-refractivity contribution in [3.63, 3.8) is 0 Å². The van der Waals surface area contributed by atoms with Crippen LogP contribution in [0.2, 0.25) is 5.02 Å². The lowest BCUT2D eigenvalue weighted by Gasteiger charge is -2.18. The van der Waals surface area contributed by atoms with Crippen molar-refractivity contribution in [1.82, 2.24) is 0 Å². The van der Waals surface area contributed by atoms with Crippen molar-refractivity contribution in [2.24, 2.45) is 0 Å². The van der Waals surface area contributed by atoms with Crippen LogP contribution in [0.3, 0.4) is 0 Å². The number of nitrogens with one attached hydrogen (secondary N) is 1. The molecule has 0 fully saturated rings. The highest BCUT2D eigenvalue weighted by Crippen LogP contribution is 2.27. The minimum atomic E-state index is -0.789. The molecule has 0 heterocycles. The maximum Gasteiger partial charge on any atom is 0.271 e. The Hall–Kier alpha value is -2.80. The highest BCUT2D eigenvalue weighted by atomic mass is 35.5. The van der Waals surface area contributed by atoms with Crippen molar-refractivity contribution < 1.29 is 19.2 Å². The molecule has 0 bridgehead atoms. The molecule has 0 aliphatic heterocycles. The molecular weight excluding hydrogens is 348 g/mol. The first kappa shape index (κ1) is 18.5. The van der Waals surface area contributed by atoms with Crippen molar-refractivity contribution in [3.05, 3.63) is 57.6 Å². The van der Waals surface area contributed by atoms with Crippen LogP contribution in [0.5, 0.6) is 11.5 Å². The molecule has 0 spiro atoms. The van der Waals surface area contributed by atoms with E-state index in [9.17, 15) is 14.9 Å². The molecule has 132 valence electrons. The van der Waals surface area contributed by atoms with E-state index in [1.807, 2.05) is 0 Å². The number of hydrogen-bond donors (Lipinski definition) is 1. The van der Waals surface area contributed by atoms with E-state index in [4.69, 9.17) is 21.1 Å². The molecule has 2 aromatic carbocycles. The van der Waals surface area contributed by atoms with Gasteiger partial charge in [-0.2, -0.15) is 0 Å². The number of hydrogen-bond acceptors (Lipinski definition) is 5. The molecule has 0 saturated carbocycles. The molecule has 0 unspecified atom stereocenters. The summed E-state index contributed by atoms with van der Waals surface area (Å²) in [7, 11) is 1.54. The molecule has 0 saturated heterocycles. The molecule has 25 heavy (non-hydrogen) atoms. The number of anilines is 1. The number of ether oxygens (including phenoxy) is 2. The summed E-state index contributed by atoms with van der Waals surface area (Å²) in [5.41, 5.74) is -0.00461. The third kappa shape index (κ3) is 4.84. The number of benzene rings is 2. The van der Waals surface area contributed by atoms with E-state index >= 15 is 0 Å². The molecule has 2 aromatic rings. The summed E-state index contributed by atoms with van der Waals surface area (Å²) < 4.78 is 10.8. The number of nitrogens with zero attached hydrogens (tertiary/aromatic N) is 1. The normalized spacial score (nSPS) is 11.5. The molecule has 0 aliphatic carbocycles. The summed E-state index contributed by atoms with van der Waals surface area (Å²) in [6, 6.07) is 10.7.